The van der Waals surface area contributed by atoms with Gasteiger partial charge in [0.1, 0.15) is 0 Å². The van der Waals surface area contributed by atoms with Gasteiger partial charge in [-0.15, -0.1) is 0 Å². The Morgan fingerprint density at radius 1 is 1.17 bits per heavy atom. The molecule has 0 aromatic heterocycles. The van der Waals surface area contributed by atoms with Gasteiger partial charge in [-0.05, 0) is 37.2 Å². The molecule has 4 heteroatoms. The number of rotatable bonds is 3. The van der Waals surface area contributed by atoms with Gasteiger partial charge in [0.25, 0.3) is 0 Å². The largest absolute Gasteiger partial charge is 0.393 e. The average molecular weight is 328 g/mol. The monoisotopic (exact) mass is 328 g/mol. The van der Waals surface area contributed by atoms with Crippen LogP contribution in [0.3, 0.4) is 0 Å². The molecule has 2 atom stereocenters. The van der Waals surface area contributed by atoms with Crippen molar-refractivity contribution in [2.45, 2.75) is 44.8 Å². The van der Waals surface area contributed by atoms with E-state index in [1.54, 1.807) is 0 Å². The van der Waals surface area contributed by atoms with Crippen molar-refractivity contribution in [2.24, 2.45) is 11.3 Å². The minimum Gasteiger partial charge on any atom is -0.393 e. The van der Waals surface area contributed by atoms with Gasteiger partial charge in [-0.3, -0.25) is 9.69 Å². The highest BCUT2D eigenvalue weighted by Gasteiger charge is 2.55. The van der Waals surface area contributed by atoms with Crippen LogP contribution < -0.4 is 0 Å². The molecule has 2 heterocycles. The number of amides is 1. The molecule has 0 radical (unpaired) electrons. The maximum atomic E-state index is 13.3. The molecule has 3 fully saturated rings. The Labute approximate surface area is 144 Å². The average Bonchev–Trinajstić information content (AvgIpc) is 3.13. The zero-order chi connectivity index (χ0) is 16.6. The number of carbonyl (C=O) groups is 1. The summed E-state index contributed by atoms with van der Waals surface area (Å²) in [5.74, 6) is 0.882. The SMILES string of the molecule is O=C(N1CCC(O)CC1)[C@@]12CCC[C@@H]1CN(Cc1ccccc1)C2. The first-order chi connectivity index (χ1) is 11.7. The Hall–Kier alpha value is -1.39. The number of benzene rings is 1. The van der Waals surface area contributed by atoms with E-state index < -0.39 is 0 Å². The van der Waals surface area contributed by atoms with Gasteiger partial charge in [-0.25, -0.2) is 0 Å². The van der Waals surface area contributed by atoms with E-state index in [1.165, 1.54) is 18.4 Å². The van der Waals surface area contributed by atoms with E-state index in [0.717, 1.165) is 52.0 Å². The lowest BCUT2D eigenvalue weighted by Gasteiger charge is -2.37. The standard InChI is InChI=1S/C20H28N2O2/c23-18-8-11-22(12-9-18)19(24)20-10-4-7-17(20)14-21(15-20)13-16-5-2-1-3-6-16/h1-3,5-6,17-18,23H,4,7-15H2/t17-,20-/m1/s1. The molecular weight excluding hydrogens is 300 g/mol. The molecule has 1 saturated carbocycles. The molecule has 4 rings (SSSR count). The van der Waals surface area contributed by atoms with Crippen LogP contribution in [0.2, 0.25) is 0 Å². The van der Waals surface area contributed by atoms with Crippen molar-refractivity contribution < 1.29 is 9.90 Å². The quantitative estimate of drug-likeness (QED) is 0.926. The Bertz CT molecular complexity index is 583. The second-order valence-corrected chi connectivity index (χ2v) is 7.92. The Kier molecular flexibility index (Phi) is 4.35. The molecule has 1 aromatic rings. The third-order valence-corrected chi connectivity index (χ3v) is 6.37. The van der Waals surface area contributed by atoms with Gasteiger partial charge in [-0.1, -0.05) is 36.8 Å². The Morgan fingerprint density at radius 2 is 1.92 bits per heavy atom. The summed E-state index contributed by atoms with van der Waals surface area (Å²) in [7, 11) is 0. The van der Waals surface area contributed by atoms with Crippen LogP contribution in [-0.4, -0.2) is 53.1 Å². The van der Waals surface area contributed by atoms with Gasteiger partial charge in [0.2, 0.25) is 5.91 Å². The molecule has 1 amide bonds. The summed E-state index contributed by atoms with van der Waals surface area (Å²) in [6, 6.07) is 10.6. The third-order valence-electron chi connectivity index (χ3n) is 6.37. The fourth-order valence-corrected chi connectivity index (χ4v) is 5.09. The highest BCUT2D eigenvalue weighted by Crippen LogP contribution is 2.50. The van der Waals surface area contributed by atoms with Crippen molar-refractivity contribution in [3.05, 3.63) is 35.9 Å². The maximum Gasteiger partial charge on any atom is 0.230 e. The molecule has 2 aliphatic heterocycles. The van der Waals surface area contributed by atoms with E-state index in [9.17, 15) is 9.90 Å². The Balaban J connectivity index is 1.47. The van der Waals surface area contributed by atoms with Crippen molar-refractivity contribution in [1.29, 1.82) is 0 Å². The number of carbonyl (C=O) groups excluding carboxylic acids is 1. The number of hydrogen-bond acceptors (Lipinski definition) is 3. The molecular formula is C20H28N2O2. The van der Waals surface area contributed by atoms with Crippen molar-refractivity contribution in [3.8, 4) is 0 Å². The molecule has 0 spiro atoms. The molecule has 130 valence electrons. The number of nitrogens with zero attached hydrogens (tertiary/aromatic N) is 2. The lowest BCUT2D eigenvalue weighted by molar-refractivity contribution is -0.144. The van der Waals surface area contributed by atoms with Crippen LogP contribution in [-0.2, 0) is 11.3 Å². The molecule has 24 heavy (non-hydrogen) atoms. The third kappa shape index (κ3) is 2.86. The predicted molar refractivity (Wildman–Crippen MR) is 93.3 cm³/mol. The van der Waals surface area contributed by atoms with Crippen LogP contribution in [0.15, 0.2) is 30.3 Å². The molecule has 0 bridgehead atoms. The van der Waals surface area contributed by atoms with E-state index in [4.69, 9.17) is 0 Å². The van der Waals surface area contributed by atoms with Crippen LogP contribution in [0.1, 0.15) is 37.7 Å². The second-order valence-electron chi connectivity index (χ2n) is 7.92. The smallest absolute Gasteiger partial charge is 0.230 e. The summed E-state index contributed by atoms with van der Waals surface area (Å²) < 4.78 is 0. The van der Waals surface area contributed by atoms with Gasteiger partial charge in [0.15, 0.2) is 0 Å². The molecule has 3 aliphatic rings. The van der Waals surface area contributed by atoms with E-state index in [2.05, 4.69) is 35.2 Å². The minimum atomic E-state index is -0.218. The van der Waals surface area contributed by atoms with E-state index in [1.807, 2.05) is 4.90 Å². The van der Waals surface area contributed by atoms with Crippen molar-refractivity contribution in [2.75, 3.05) is 26.2 Å². The van der Waals surface area contributed by atoms with Crippen LogP contribution in [0.25, 0.3) is 0 Å². The number of hydrogen-bond donors (Lipinski definition) is 1. The zero-order valence-electron chi connectivity index (χ0n) is 14.4. The first-order valence-corrected chi connectivity index (χ1v) is 9.41. The summed E-state index contributed by atoms with van der Waals surface area (Å²) in [6.07, 6.45) is 4.67. The normalized spacial score (nSPS) is 31.4. The highest BCUT2D eigenvalue weighted by atomic mass is 16.3. The van der Waals surface area contributed by atoms with E-state index in [0.29, 0.717) is 11.8 Å². The molecule has 1 aliphatic carbocycles. The van der Waals surface area contributed by atoms with Crippen molar-refractivity contribution in [3.63, 3.8) is 0 Å². The number of likely N-dealkylation sites (tertiary alicyclic amines) is 2. The van der Waals surface area contributed by atoms with E-state index in [-0.39, 0.29) is 11.5 Å². The summed E-state index contributed by atoms with van der Waals surface area (Å²) in [6.45, 7) is 4.37. The van der Waals surface area contributed by atoms with Crippen molar-refractivity contribution in [1.82, 2.24) is 9.80 Å². The topological polar surface area (TPSA) is 43.8 Å². The second kappa shape index (κ2) is 6.49. The van der Waals surface area contributed by atoms with Crippen LogP contribution in [0.5, 0.6) is 0 Å². The first-order valence-electron chi connectivity index (χ1n) is 9.41. The summed E-state index contributed by atoms with van der Waals surface area (Å²) in [4.78, 5) is 17.8. The number of piperidine rings is 1. The maximum absolute atomic E-state index is 13.3. The van der Waals surface area contributed by atoms with Gasteiger partial charge < -0.3 is 10.0 Å². The number of aliphatic hydroxyl groups excluding tert-OH is 1. The van der Waals surface area contributed by atoms with Crippen molar-refractivity contribution >= 4 is 5.91 Å². The van der Waals surface area contributed by atoms with Gasteiger partial charge in [0, 0.05) is 32.7 Å². The fraction of sp³-hybridized carbons (Fsp3) is 0.650. The summed E-state index contributed by atoms with van der Waals surface area (Å²) in [5, 5.41) is 9.72. The molecule has 1 N–H and O–H groups in total. The molecule has 0 unspecified atom stereocenters. The molecule has 2 saturated heterocycles. The van der Waals surface area contributed by atoms with Gasteiger partial charge in [0.05, 0.1) is 11.5 Å². The highest BCUT2D eigenvalue weighted by molar-refractivity contribution is 5.84. The molecule has 1 aromatic carbocycles. The lowest BCUT2D eigenvalue weighted by Crippen LogP contribution is -2.50. The molecule has 4 nitrogen and oxygen atoms in total. The van der Waals surface area contributed by atoms with Crippen LogP contribution in [0.4, 0.5) is 0 Å². The number of aliphatic hydroxyl groups is 1. The minimum absolute atomic E-state index is 0.156. The predicted octanol–water partition coefficient (Wildman–Crippen LogP) is 2.27. The number of fused-ring (bicyclic) bond motifs is 1. The van der Waals surface area contributed by atoms with Gasteiger partial charge >= 0.3 is 0 Å². The summed E-state index contributed by atoms with van der Waals surface area (Å²) >= 11 is 0. The zero-order valence-corrected chi connectivity index (χ0v) is 14.4. The van der Waals surface area contributed by atoms with Crippen LogP contribution in [0, 0.1) is 11.3 Å². The Morgan fingerprint density at radius 3 is 2.67 bits per heavy atom. The fourth-order valence-electron chi connectivity index (χ4n) is 5.09. The summed E-state index contributed by atoms with van der Waals surface area (Å²) in [5.41, 5.74) is 1.18. The van der Waals surface area contributed by atoms with Gasteiger partial charge in [-0.2, -0.15) is 0 Å². The van der Waals surface area contributed by atoms with Crippen LogP contribution >= 0.6 is 0 Å². The lowest BCUT2D eigenvalue weighted by atomic mass is 9.79. The van der Waals surface area contributed by atoms with E-state index >= 15 is 0 Å². The first kappa shape index (κ1) is 16.1.